The number of hydrogen-bond donors (Lipinski definition) is 1. The molecule has 1 heterocycles. The third-order valence-electron chi connectivity index (χ3n) is 6.07. The zero-order valence-corrected chi connectivity index (χ0v) is 21.3. The number of Topliss-reactive ketones (excluding diaryl/α,β-unsaturated/α-hetero) is 1. The fourth-order valence-electron chi connectivity index (χ4n) is 4.35. The van der Waals surface area contributed by atoms with Crippen molar-refractivity contribution in [3.63, 3.8) is 0 Å². The Morgan fingerprint density at radius 2 is 1.71 bits per heavy atom. The summed E-state index contributed by atoms with van der Waals surface area (Å²) in [4.78, 5) is 29.1. The van der Waals surface area contributed by atoms with Crippen molar-refractivity contribution in [3.05, 3.63) is 58.7 Å². The molecule has 1 unspecified atom stereocenters. The van der Waals surface area contributed by atoms with Crippen molar-refractivity contribution >= 4 is 17.4 Å². The van der Waals surface area contributed by atoms with Crippen LogP contribution in [0.5, 0.6) is 17.2 Å². The molecule has 1 atom stereocenters. The number of ether oxygens (including phenoxy) is 3. The summed E-state index contributed by atoms with van der Waals surface area (Å²) in [5, 5.41) is 13.7. The van der Waals surface area contributed by atoms with Crippen molar-refractivity contribution in [1.82, 2.24) is 4.90 Å². The fourth-order valence-corrected chi connectivity index (χ4v) is 4.35. The highest BCUT2D eigenvalue weighted by molar-refractivity contribution is 6.46. The quantitative estimate of drug-likeness (QED) is 0.311. The van der Waals surface area contributed by atoms with Gasteiger partial charge in [-0.1, -0.05) is 17.9 Å². The summed E-state index contributed by atoms with van der Waals surface area (Å²) in [5.41, 5.74) is 1.67. The highest BCUT2D eigenvalue weighted by Crippen LogP contribution is 2.41. The highest BCUT2D eigenvalue weighted by Gasteiger charge is 2.44. The topological polar surface area (TPSA) is 92.6 Å². The molecule has 1 amide bonds. The monoisotopic (exact) mass is 482 g/mol. The van der Waals surface area contributed by atoms with Crippen LogP contribution in [0.2, 0.25) is 0 Å². The van der Waals surface area contributed by atoms with Crippen LogP contribution in [0.1, 0.15) is 36.1 Å². The zero-order valence-electron chi connectivity index (χ0n) is 21.3. The van der Waals surface area contributed by atoms with Gasteiger partial charge in [-0.3, -0.25) is 9.59 Å². The van der Waals surface area contributed by atoms with Gasteiger partial charge in [0.1, 0.15) is 5.75 Å². The van der Waals surface area contributed by atoms with Gasteiger partial charge < -0.3 is 29.1 Å². The van der Waals surface area contributed by atoms with E-state index in [1.54, 1.807) is 43.5 Å². The first-order valence-electron chi connectivity index (χ1n) is 11.7. The van der Waals surface area contributed by atoms with Crippen LogP contribution < -0.4 is 24.2 Å². The van der Waals surface area contributed by atoms with Gasteiger partial charge in [-0.15, -0.1) is 0 Å². The van der Waals surface area contributed by atoms with E-state index in [1.807, 2.05) is 27.9 Å². The molecule has 1 saturated heterocycles. The number of carbonyl (C=O) groups is 2. The number of nitrogens with one attached hydrogen (secondary N) is 1. The Balaban J connectivity index is 2.15. The van der Waals surface area contributed by atoms with E-state index < -0.39 is 23.5 Å². The van der Waals surface area contributed by atoms with Crippen LogP contribution in [0.25, 0.3) is 5.76 Å². The van der Waals surface area contributed by atoms with Gasteiger partial charge in [-0.05, 0) is 54.8 Å². The van der Waals surface area contributed by atoms with E-state index in [0.717, 1.165) is 12.1 Å². The van der Waals surface area contributed by atoms with Gasteiger partial charge in [0.2, 0.25) is 5.78 Å². The van der Waals surface area contributed by atoms with Crippen LogP contribution in [0.4, 0.5) is 0 Å². The maximum absolute atomic E-state index is 13.7. The molecule has 8 heteroatoms. The fraction of sp³-hybridized carbons (Fsp3) is 0.407. The summed E-state index contributed by atoms with van der Waals surface area (Å²) < 4.78 is 16.4. The van der Waals surface area contributed by atoms with Crippen molar-refractivity contribution < 1.29 is 33.8 Å². The van der Waals surface area contributed by atoms with Crippen LogP contribution in [-0.4, -0.2) is 64.6 Å². The average molecular weight is 483 g/mol. The summed E-state index contributed by atoms with van der Waals surface area (Å²) in [6.07, 6.45) is 0.690. The molecule has 35 heavy (non-hydrogen) atoms. The molecule has 3 rings (SSSR count). The smallest absolute Gasteiger partial charge is 0.295 e. The number of benzene rings is 2. The third-order valence-corrected chi connectivity index (χ3v) is 6.07. The minimum atomic E-state index is -0.813. The molecule has 0 bridgehead atoms. The lowest BCUT2D eigenvalue weighted by Crippen LogP contribution is -3.05. The standard InChI is InChI=1S/C27H34N2O6/c1-7-35-21-12-9-18(16-22(21)34-6)24-23(25(30)19-10-11-20(33-5)17(2)15-19)26(31)27(32)29(24)14-8-13-28(3)4/h9-12,15-16,24,30H,7-8,13-14H2,1-6H3/b25-23+. The minimum Gasteiger partial charge on any atom is -0.872 e. The second-order valence-corrected chi connectivity index (χ2v) is 8.81. The summed E-state index contributed by atoms with van der Waals surface area (Å²) in [7, 11) is 7.14. The summed E-state index contributed by atoms with van der Waals surface area (Å²) in [6.45, 7) is 5.33. The van der Waals surface area contributed by atoms with Crippen LogP contribution in [-0.2, 0) is 9.59 Å². The highest BCUT2D eigenvalue weighted by atomic mass is 16.5. The van der Waals surface area contributed by atoms with E-state index in [4.69, 9.17) is 14.2 Å². The van der Waals surface area contributed by atoms with Gasteiger partial charge in [0, 0.05) is 18.5 Å². The molecule has 8 nitrogen and oxygen atoms in total. The van der Waals surface area contributed by atoms with Crippen LogP contribution in [0.3, 0.4) is 0 Å². The maximum Gasteiger partial charge on any atom is 0.295 e. The number of aryl methyl sites for hydroxylation is 1. The van der Waals surface area contributed by atoms with Crippen LogP contribution >= 0.6 is 0 Å². The molecule has 0 spiro atoms. The van der Waals surface area contributed by atoms with E-state index in [-0.39, 0.29) is 5.57 Å². The van der Waals surface area contributed by atoms with Crippen molar-refractivity contribution in [1.29, 1.82) is 0 Å². The lowest BCUT2D eigenvalue weighted by Gasteiger charge is -2.28. The lowest BCUT2D eigenvalue weighted by atomic mass is 9.94. The van der Waals surface area contributed by atoms with Crippen molar-refractivity contribution in [2.24, 2.45) is 0 Å². The molecule has 1 aliphatic heterocycles. The predicted molar refractivity (Wildman–Crippen MR) is 131 cm³/mol. The van der Waals surface area contributed by atoms with Gasteiger partial charge in [0.05, 0.1) is 47.5 Å². The number of ketones is 1. The molecule has 0 aromatic heterocycles. The van der Waals surface area contributed by atoms with E-state index in [1.165, 1.54) is 16.9 Å². The molecule has 2 aromatic rings. The normalized spacial score (nSPS) is 17.2. The Kier molecular flexibility index (Phi) is 8.40. The first-order chi connectivity index (χ1) is 16.7. The molecular weight excluding hydrogens is 448 g/mol. The summed E-state index contributed by atoms with van der Waals surface area (Å²) >= 11 is 0. The van der Waals surface area contributed by atoms with Crippen LogP contribution in [0.15, 0.2) is 42.0 Å². The average Bonchev–Trinajstić information content (AvgIpc) is 3.08. The van der Waals surface area contributed by atoms with Crippen molar-refractivity contribution in [2.45, 2.75) is 26.3 Å². The van der Waals surface area contributed by atoms with E-state index >= 15 is 0 Å². The first-order valence-corrected chi connectivity index (χ1v) is 11.7. The molecule has 1 fully saturated rings. The Morgan fingerprint density at radius 3 is 2.31 bits per heavy atom. The zero-order chi connectivity index (χ0) is 25.7. The predicted octanol–water partition coefficient (Wildman–Crippen LogP) is 1.17. The molecule has 1 aliphatic rings. The Labute approximate surface area is 206 Å². The summed E-state index contributed by atoms with van der Waals surface area (Å²) in [6, 6.07) is 9.43. The molecule has 0 radical (unpaired) electrons. The van der Waals surface area contributed by atoms with Gasteiger partial charge in [0.25, 0.3) is 5.91 Å². The summed E-state index contributed by atoms with van der Waals surface area (Å²) in [5.74, 6) is -0.228. The van der Waals surface area contributed by atoms with Gasteiger partial charge in [-0.2, -0.15) is 0 Å². The maximum atomic E-state index is 13.7. The van der Waals surface area contributed by atoms with E-state index in [2.05, 4.69) is 0 Å². The molecule has 2 aromatic carbocycles. The molecule has 0 aliphatic carbocycles. The van der Waals surface area contributed by atoms with Gasteiger partial charge >= 0.3 is 0 Å². The lowest BCUT2D eigenvalue weighted by molar-refractivity contribution is -0.858. The van der Waals surface area contributed by atoms with E-state index in [9.17, 15) is 14.7 Å². The van der Waals surface area contributed by atoms with Gasteiger partial charge in [0.15, 0.2) is 11.5 Å². The molecule has 1 N–H and O–H groups in total. The molecular formula is C27H34N2O6. The van der Waals surface area contributed by atoms with Gasteiger partial charge in [-0.25, -0.2) is 0 Å². The molecule has 188 valence electrons. The Morgan fingerprint density at radius 1 is 1.03 bits per heavy atom. The van der Waals surface area contributed by atoms with Crippen LogP contribution in [0, 0.1) is 6.92 Å². The Hall–Kier alpha value is -3.52. The van der Waals surface area contributed by atoms with Crippen molar-refractivity contribution in [2.75, 3.05) is 48.0 Å². The second-order valence-electron chi connectivity index (χ2n) is 8.81. The first kappa shape index (κ1) is 26.1. The number of nitrogens with zero attached hydrogens (tertiary/aromatic N) is 1. The number of amides is 1. The number of likely N-dealkylation sites (tertiary alicyclic amines) is 1. The largest absolute Gasteiger partial charge is 0.872 e. The third kappa shape index (κ3) is 5.43. The SMILES string of the molecule is CCOc1ccc(C2/C(=C(\[O-])c3ccc(OC)c(C)c3)C(=O)C(=O)N2CCC[NH+](C)C)cc1OC. The minimum absolute atomic E-state index is 0.0528. The Bertz CT molecular complexity index is 1120. The number of rotatable bonds is 10. The molecule has 0 saturated carbocycles. The second kappa shape index (κ2) is 11.3. The number of carbonyl (C=O) groups excluding carboxylic acids is 2. The van der Waals surface area contributed by atoms with E-state index in [0.29, 0.717) is 47.9 Å². The number of methoxy groups -OCH3 is 2. The number of hydrogen-bond acceptors (Lipinski definition) is 6. The number of quaternary nitrogens is 1. The van der Waals surface area contributed by atoms with Crippen molar-refractivity contribution in [3.8, 4) is 17.2 Å².